The molecule has 2 aromatic rings. The molecule has 0 saturated carbocycles. The van der Waals surface area contributed by atoms with Crippen molar-refractivity contribution < 1.29 is 4.79 Å². The predicted molar refractivity (Wildman–Crippen MR) is 89.7 cm³/mol. The van der Waals surface area contributed by atoms with Crippen LogP contribution < -0.4 is 4.90 Å². The number of ketones is 1. The summed E-state index contributed by atoms with van der Waals surface area (Å²) in [6, 6.07) is 5.67. The van der Waals surface area contributed by atoms with Crippen molar-refractivity contribution in [2.45, 2.75) is 33.1 Å². The molecule has 5 nitrogen and oxygen atoms in total. The number of hydrogen-bond acceptors (Lipinski definition) is 5. The molecule has 1 unspecified atom stereocenters. The van der Waals surface area contributed by atoms with E-state index in [-0.39, 0.29) is 11.7 Å². The molecule has 120 valence electrons. The summed E-state index contributed by atoms with van der Waals surface area (Å²) in [5, 5.41) is 0. The zero-order valence-corrected chi connectivity index (χ0v) is 13.7. The molecule has 3 rings (SSSR count). The second-order valence-corrected chi connectivity index (χ2v) is 6.03. The first kappa shape index (κ1) is 15.6. The van der Waals surface area contributed by atoms with Crippen LogP contribution in [0.5, 0.6) is 0 Å². The molecule has 1 atom stereocenters. The van der Waals surface area contributed by atoms with Crippen molar-refractivity contribution in [3.8, 4) is 0 Å². The Morgan fingerprint density at radius 3 is 3.00 bits per heavy atom. The summed E-state index contributed by atoms with van der Waals surface area (Å²) in [4.78, 5) is 28.0. The average molecular weight is 310 g/mol. The molecule has 0 N–H and O–H groups in total. The molecular weight excluding hydrogens is 288 g/mol. The fraction of sp³-hybridized carbons (Fsp3) is 0.444. The highest BCUT2D eigenvalue weighted by Crippen LogP contribution is 2.24. The number of pyridine rings is 1. The van der Waals surface area contributed by atoms with E-state index < -0.39 is 0 Å². The molecule has 1 aliphatic rings. The maximum atomic E-state index is 12.7. The summed E-state index contributed by atoms with van der Waals surface area (Å²) >= 11 is 0. The standard InChI is InChI=1S/C18H22N4O/c1-3-16-20-13(2)10-17(21-16)22-9-5-7-15(12-22)18(23)14-6-4-8-19-11-14/h4,6,8,10-11,15H,3,5,7,9,12H2,1-2H3. The predicted octanol–water partition coefficient (Wildman–Crippen LogP) is 2.84. The maximum absolute atomic E-state index is 12.7. The Morgan fingerprint density at radius 2 is 2.26 bits per heavy atom. The fourth-order valence-electron chi connectivity index (χ4n) is 3.08. The molecule has 0 aromatic carbocycles. The number of Topliss-reactive ketones (excluding diaryl/α,β-unsaturated/α-hetero) is 1. The van der Waals surface area contributed by atoms with Gasteiger partial charge in [0.2, 0.25) is 0 Å². The molecule has 1 fully saturated rings. The summed E-state index contributed by atoms with van der Waals surface area (Å²) in [5.74, 6) is 2.00. The fourth-order valence-corrected chi connectivity index (χ4v) is 3.08. The number of piperidine rings is 1. The van der Waals surface area contributed by atoms with E-state index in [1.54, 1.807) is 12.4 Å². The van der Waals surface area contributed by atoms with Crippen molar-refractivity contribution in [3.63, 3.8) is 0 Å². The summed E-state index contributed by atoms with van der Waals surface area (Å²) in [7, 11) is 0. The van der Waals surface area contributed by atoms with Crippen LogP contribution in [0, 0.1) is 12.8 Å². The summed E-state index contributed by atoms with van der Waals surface area (Å²) < 4.78 is 0. The van der Waals surface area contributed by atoms with Crippen molar-refractivity contribution in [3.05, 3.63) is 47.7 Å². The van der Waals surface area contributed by atoms with Gasteiger partial charge in [-0.2, -0.15) is 0 Å². The van der Waals surface area contributed by atoms with E-state index in [2.05, 4.69) is 26.8 Å². The van der Waals surface area contributed by atoms with Gasteiger partial charge < -0.3 is 4.90 Å². The number of hydrogen-bond donors (Lipinski definition) is 0. The molecule has 5 heteroatoms. The van der Waals surface area contributed by atoms with Crippen LogP contribution in [0.4, 0.5) is 5.82 Å². The van der Waals surface area contributed by atoms with Crippen LogP contribution in [0.25, 0.3) is 0 Å². The average Bonchev–Trinajstić information content (AvgIpc) is 2.61. The van der Waals surface area contributed by atoms with Crippen LogP contribution in [0.15, 0.2) is 30.6 Å². The van der Waals surface area contributed by atoms with Crippen LogP contribution in [-0.2, 0) is 6.42 Å². The Bertz CT molecular complexity index is 687. The van der Waals surface area contributed by atoms with Crippen LogP contribution >= 0.6 is 0 Å². The number of rotatable bonds is 4. The minimum absolute atomic E-state index is 0.00768. The van der Waals surface area contributed by atoms with Gasteiger partial charge in [0.15, 0.2) is 5.78 Å². The lowest BCUT2D eigenvalue weighted by atomic mass is 9.90. The third-order valence-electron chi connectivity index (χ3n) is 4.27. The first-order valence-corrected chi connectivity index (χ1v) is 8.21. The quantitative estimate of drug-likeness (QED) is 0.813. The summed E-state index contributed by atoms with van der Waals surface area (Å²) in [6.45, 7) is 5.71. The zero-order chi connectivity index (χ0) is 16.2. The molecule has 3 heterocycles. The van der Waals surface area contributed by atoms with E-state index in [9.17, 15) is 4.79 Å². The van der Waals surface area contributed by atoms with Gasteiger partial charge in [0.05, 0.1) is 0 Å². The molecule has 0 amide bonds. The SMILES string of the molecule is CCc1nc(C)cc(N2CCCC(C(=O)c3cccnc3)C2)n1. The smallest absolute Gasteiger partial charge is 0.169 e. The Labute approximate surface area is 136 Å². The third-order valence-corrected chi connectivity index (χ3v) is 4.27. The van der Waals surface area contributed by atoms with Crippen molar-refractivity contribution in [2.75, 3.05) is 18.0 Å². The normalized spacial score (nSPS) is 18.0. The molecule has 0 radical (unpaired) electrons. The number of anilines is 1. The highest BCUT2D eigenvalue weighted by Gasteiger charge is 2.27. The topological polar surface area (TPSA) is 59.0 Å². The van der Waals surface area contributed by atoms with E-state index >= 15 is 0 Å². The minimum Gasteiger partial charge on any atom is -0.356 e. The van der Waals surface area contributed by atoms with Gasteiger partial charge >= 0.3 is 0 Å². The Kier molecular flexibility index (Phi) is 4.65. The maximum Gasteiger partial charge on any atom is 0.169 e. The van der Waals surface area contributed by atoms with Gasteiger partial charge in [0.25, 0.3) is 0 Å². The number of carbonyl (C=O) groups excluding carboxylic acids is 1. The van der Waals surface area contributed by atoms with Crippen molar-refractivity contribution in [1.82, 2.24) is 15.0 Å². The molecular formula is C18H22N4O. The van der Waals surface area contributed by atoms with Gasteiger partial charge in [-0.25, -0.2) is 9.97 Å². The molecule has 1 saturated heterocycles. The van der Waals surface area contributed by atoms with Gasteiger partial charge in [0.1, 0.15) is 11.6 Å². The molecule has 23 heavy (non-hydrogen) atoms. The first-order valence-electron chi connectivity index (χ1n) is 8.21. The molecule has 0 bridgehead atoms. The van der Waals surface area contributed by atoms with E-state index in [4.69, 9.17) is 0 Å². The molecule has 0 aliphatic carbocycles. The highest BCUT2D eigenvalue weighted by atomic mass is 16.1. The van der Waals surface area contributed by atoms with Crippen LogP contribution in [0.3, 0.4) is 0 Å². The van der Waals surface area contributed by atoms with Crippen molar-refractivity contribution in [1.29, 1.82) is 0 Å². The molecule has 2 aromatic heterocycles. The highest BCUT2D eigenvalue weighted by molar-refractivity contribution is 5.98. The van der Waals surface area contributed by atoms with E-state index in [0.717, 1.165) is 43.1 Å². The van der Waals surface area contributed by atoms with Gasteiger partial charge in [-0.1, -0.05) is 6.92 Å². The Morgan fingerprint density at radius 1 is 1.39 bits per heavy atom. The molecule has 0 spiro atoms. The molecule has 1 aliphatic heterocycles. The van der Waals surface area contributed by atoms with Crippen LogP contribution in [0.1, 0.15) is 41.6 Å². The second-order valence-electron chi connectivity index (χ2n) is 6.03. The zero-order valence-electron chi connectivity index (χ0n) is 13.7. The number of aryl methyl sites for hydroxylation is 2. The number of nitrogens with zero attached hydrogens (tertiary/aromatic N) is 4. The third kappa shape index (κ3) is 3.55. The Hall–Kier alpha value is -2.30. The van der Waals surface area contributed by atoms with Crippen LogP contribution in [0.2, 0.25) is 0 Å². The van der Waals surface area contributed by atoms with Gasteiger partial charge in [0, 0.05) is 55.1 Å². The summed E-state index contributed by atoms with van der Waals surface area (Å²) in [5.41, 5.74) is 1.68. The van der Waals surface area contributed by atoms with Gasteiger partial charge in [-0.3, -0.25) is 9.78 Å². The minimum atomic E-state index is 0.00768. The van der Waals surface area contributed by atoms with E-state index in [0.29, 0.717) is 12.1 Å². The number of carbonyl (C=O) groups is 1. The monoisotopic (exact) mass is 310 g/mol. The van der Waals surface area contributed by atoms with E-state index in [1.165, 1.54) is 0 Å². The lowest BCUT2D eigenvalue weighted by Crippen LogP contribution is -2.39. The van der Waals surface area contributed by atoms with E-state index in [1.807, 2.05) is 25.1 Å². The number of aromatic nitrogens is 3. The lowest BCUT2D eigenvalue weighted by molar-refractivity contribution is 0.0906. The largest absolute Gasteiger partial charge is 0.356 e. The van der Waals surface area contributed by atoms with Gasteiger partial charge in [-0.05, 0) is 31.9 Å². The first-order chi connectivity index (χ1) is 11.2. The van der Waals surface area contributed by atoms with Gasteiger partial charge in [-0.15, -0.1) is 0 Å². The van der Waals surface area contributed by atoms with Crippen molar-refractivity contribution in [2.24, 2.45) is 5.92 Å². The van der Waals surface area contributed by atoms with Crippen molar-refractivity contribution >= 4 is 11.6 Å². The summed E-state index contributed by atoms with van der Waals surface area (Å²) in [6.07, 6.45) is 6.10. The Balaban J connectivity index is 1.78. The van der Waals surface area contributed by atoms with Crippen LogP contribution in [-0.4, -0.2) is 33.8 Å². The lowest BCUT2D eigenvalue weighted by Gasteiger charge is -2.33. The second kappa shape index (κ2) is 6.86.